The normalized spacial score (nSPS) is 11.1. The summed E-state index contributed by atoms with van der Waals surface area (Å²) in [6.45, 7) is 1.95. The first-order chi connectivity index (χ1) is 8.72. The zero-order valence-corrected chi connectivity index (χ0v) is 11.7. The Hall–Kier alpha value is -1.55. The van der Waals surface area contributed by atoms with Crippen LogP contribution in [0.1, 0.15) is 23.5 Å². The number of hydrogen-bond acceptors (Lipinski definition) is 5. The minimum atomic E-state index is 0.0399. The molecule has 3 N–H and O–H groups in total. The van der Waals surface area contributed by atoms with Gasteiger partial charge in [-0.2, -0.15) is 5.26 Å². The number of nitriles is 1. The van der Waals surface area contributed by atoms with E-state index in [9.17, 15) is 0 Å². The Bertz CT molecular complexity index is 546. The molecule has 5 nitrogen and oxygen atoms in total. The summed E-state index contributed by atoms with van der Waals surface area (Å²) in [7, 11) is 0. The second kappa shape index (κ2) is 7.01. The third-order valence-corrected chi connectivity index (χ3v) is 2.92. The van der Waals surface area contributed by atoms with Gasteiger partial charge in [-0.15, -0.1) is 22.9 Å². The van der Waals surface area contributed by atoms with Gasteiger partial charge in [0, 0.05) is 18.8 Å². The Labute approximate surface area is 114 Å². The van der Waals surface area contributed by atoms with Crippen molar-refractivity contribution in [3.05, 3.63) is 29.2 Å². The van der Waals surface area contributed by atoms with Crippen molar-refractivity contribution >= 4 is 22.9 Å². The van der Waals surface area contributed by atoms with Crippen molar-refractivity contribution in [2.75, 3.05) is 6.38 Å². The summed E-state index contributed by atoms with van der Waals surface area (Å²) in [6.07, 6.45) is 6.28. The number of halogens is 1. The molecule has 0 amide bonds. The average molecular weight is 283 g/mol. The van der Waals surface area contributed by atoms with Crippen LogP contribution in [-0.2, 0) is 0 Å². The lowest BCUT2D eigenvalue weighted by atomic mass is 10.2. The highest BCUT2D eigenvalue weighted by molar-refractivity contribution is 7.15. The van der Waals surface area contributed by atoms with Gasteiger partial charge in [-0.05, 0) is 6.92 Å². The molecule has 0 radical (unpaired) electrons. The topological polar surface area (TPSA) is 90.1 Å². The Morgan fingerprint density at radius 3 is 2.56 bits per heavy atom. The number of quaternary nitrogens is 1. The summed E-state index contributed by atoms with van der Waals surface area (Å²) in [6, 6.07) is 2.10. The van der Waals surface area contributed by atoms with Crippen molar-refractivity contribution in [1.29, 1.82) is 5.26 Å². The molecule has 1 atom stereocenters. The number of alkyl halides is 1. The zero-order valence-electron chi connectivity index (χ0n) is 10.1. The van der Waals surface area contributed by atoms with Crippen LogP contribution in [0.2, 0.25) is 0 Å². The second-order valence-corrected chi connectivity index (χ2v) is 4.36. The Morgan fingerprint density at radius 2 is 2.00 bits per heavy atom. The van der Waals surface area contributed by atoms with Crippen molar-refractivity contribution in [1.82, 2.24) is 15.0 Å². The molecule has 7 heteroatoms. The second-order valence-electron chi connectivity index (χ2n) is 3.33. The molecular formula is C11H13ClN5S+. The van der Waals surface area contributed by atoms with E-state index >= 15 is 0 Å². The van der Waals surface area contributed by atoms with Crippen molar-refractivity contribution in [2.24, 2.45) is 0 Å². The van der Waals surface area contributed by atoms with E-state index in [2.05, 4.69) is 38.4 Å². The Balaban J connectivity index is 0.000000771. The van der Waals surface area contributed by atoms with Crippen LogP contribution in [0.4, 0.5) is 0 Å². The quantitative estimate of drug-likeness (QED) is 0.848. The van der Waals surface area contributed by atoms with Crippen LogP contribution in [0.15, 0.2) is 18.6 Å². The van der Waals surface area contributed by atoms with Gasteiger partial charge >= 0.3 is 0 Å². The van der Waals surface area contributed by atoms with E-state index in [-0.39, 0.29) is 6.04 Å². The molecule has 0 spiro atoms. The van der Waals surface area contributed by atoms with Crippen LogP contribution in [0.25, 0.3) is 10.7 Å². The van der Waals surface area contributed by atoms with Crippen molar-refractivity contribution in [2.45, 2.75) is 13.0 Å². The van der Waals surface area contributed by atoms with E-state index in [1.807, 2.05) is 6.92 Å². The molecule has 2 heterocycles. The molecule has 94 valence electrons. The summed E-state index contributed by atoms with van der Waals surface area (Å²) in [5, 5.41) is 9.47. The molecule has 2 rings (SSSR count). The van der Waals surface area contributed by atoms with Gasteiger partial charge in [0.15, 0.2) is 0 Å². The van der Waals surface area contributed by atoms with Crippen molar-refractivity contribution < 1.29 is 5.73 Å². The fraction of sp³-hybridized carbons (Fsp3) is 0.273. The molecule has 0 aliphatic heterocycles. The summed E-state index contributed by atoms with van der Waals surface area (Å²) in [4.78, 5) is 13.2. The molecule has 0 saturated heterocycles. The van der Waals surface area contributed by atoms with E-state index in [0.717, 1.165) is 16.4 Å². The average Bonchev–Trinajstić information content (AvgIpc) is 2.89. The lowest BCUT2D eigenvalue weighted by Crippen LogP contribution is -2.52. The van der Waals surface area contributed by atoms with E-state index in [1.165, 1.54) is 17.7 Å². The molecule has 0 bridgehead atoms. The van der Waals surface area contributed by atoms with Gasteiger partial charge in [-0.1, -0.05) is 0 Å². The molecule has 0 aliphatic rings. The first kappa shape index (κ1) is 14.5. The highest BCUT2D eigenvalue weighted by Crippen LogP contribution is 2.26. The number of nitrogens with zero attached hydrogens (tertiary/aromatic N) is 4. The molecule has 1 unspecified atom stereocenters. The maximum absolute atomic E-state index is 8.75. The van der Waals surface area contributed by atoms with Crippen LogP contribution < -0.4 is 5.73 Å². The van der Waals surface area contributed by atoms with Gasteiger partial charge in [0.05, 0.1) is 6.20 Å². The molecule has 2 aromatic heterocycles. The third kappa shape index (κ3) is 3.23. The fourth-order valence-electron chi connectivity index (χ4n) is 1.31. The van der Waals surface area contributed by atoms with Gasteiger partial charge < -0.3 is 5.73 Å². The summed E-state index contributed by atoms with van der Waals surface area (Å²) >= 11 is 5.95. The number of rotatable bonds is 2. The molecule has 18 heavy (non-hydrogen) atoms. The zero-order chi connectivity index (χ0) is 13.5. The number of thiazole rings is 1. The summed E-state index contributed by atoms with van der Waals surface area (Å²) in [5.41, 5.74) is 5.46. The number of aromatic nitrogens is 3. The minimum Gasteiger partial charge on any atom is -0.350 e. The third-order valence-electron chi connectivity index (χ3n) is 2.01. The van der Waals surface area contributed by atoms with Gasteiger partial charge in [-0.3, -0.25) is 4.98 Å². The minimum absolute atomic E-state index is 0.0399. The Kier molecular flexibility index (Phi) is 5.65. The molecule has 0 fully saturated rings. The molecular weight excluding hydrogens is 270 g/mol. The van der Waals surface area contributed by atoms with Gasteiger partial charge in [0.1, 0.15) is 33.4 Å². The monoisotopic (exact) mass is 282 g/mol. The predicted octanol–water partition coefficient (Wildman–Crippen LogP) is 1.63. The van der Waals surface area contributed by atoms with E-state index in [0.29, 0.717) is 4.88 Å². The fourth-order valence-corrected chi connectivity index (χ4v) is 2.03. The van der Waals surface area contributed by atoms with Crippen LogP contribution >= 0.6 is 22.9 Å². The molecule has 0 aliphatic carbocycles. The van der Waals surface area contributed by atoms with Gasteiger partial charge in [-0.25, -0.2) is 9.97 Å². The number of hydrogen-bond donors (Lipinski definition) is 1. The largest absolute Gasteiger partial charge is 0.350 e. The smallest absolute Gasteiger partial charge is 0.145 e. The van der Waals surface area contributed by atoms with Crippen LogP contribution in [0.5, 0.6) is 0 Å². The van der Waals surface area contributed by atoms with E-state index in [1.54, 1.807) is 18.6 Å². The molecule has 2 aromatic rings. The summed E-state index contributed by atoms with van der Waals surface area (Å²) in [5.74, 6) is 0. The molecule has 0 saturated carbocycles. The standard InChI is InChI=1S/C10H9N5S.CH3Cl/c1-6(12)8-9(14-3-2-13-8)10-15-5-7(4-11)16-10;1-2/h2-3,5-6H,12H2,1H3;1H3/p+1. The van der Waals surface area contributed by atoms with Crippen LogP contribution in [0.3, 0.4) is 0 Å². The SMILES string of the molecule is CC([NH3+])c1nccnc1-c1ncc(C#N)s1.CCl. The van der Waals surface area contributed by atoms with Crippen LogP contribution in [-0.4, -0.2) is 21.3 Å². The van der Waals surface area contributed by atoms with E-state index in [4.69, 9.17) is 5.26 Å². The van der Waals surface area contributed by atoms with Crippen molar-refractivity contribution in [3.63, 3.8) is 0 Å². The highest BCUT2D eigenvalue weighted by atomic mass is 35.5. The molecule has 0 aromatic carbocycles. The maximum atomic E-state index is 8.75. The first-order valence-corrected chi connectivity index (χ1v) is 6.67. The summed E-state index contributed by atoms with van der Waals surface area (Å²) < 4.78 is 0. The van der Waals surface area contributed by atoms with Crippen molar-refractivity contribution in [3.8, 4) is 16.8 Å². The van der Waals surface area contributed by atoms with Gasteiger partial charge in [0.2, 0.25) is 0 Å². The first-order valence-electron chi connectivity index (χ1n) is 5.10. The maximum Gasteiger partial charge on any atom is 0.145 e. The lowest BCUT2D eigenvalue weighted by Gasteiger charge is -2.04. The Morgan fingerprint density at radius 1 is 1.33 bits per heavy atom. The van der Waals surface area contributed by atoms with Gasteiger partial charge in [0.25, 0.3) is 0 Å². The predicted molar refractivity (Wildman–Crippen MR) is 70.9 cm³/mol. The van der Waals surface area contributed by atoms with E-state index < -0.39 is 0 Å². The van der Waals surface area contributed by atoms with Crippen LogP contribution in [0, 0.1) is 11.3 Å². The lowest BCUT2D eigenvalue weighted by molar-refractivity contribution is -0.421. The highest BCUT2D eigenvalue weighted by Gasteiger charge is 2.16.